The highest BCUT2D eigenvalue weighted by Crippen LogP contribution is 2.30. The molecule has 0 aliphatic carbocycles. The van der Waals surface area contributed by atoms with E-state index in [9.17, 15) is 9.18 Å². The number of H-pyrrole nitrogens is 1. The number of hydrogen-bond donors (Lipinski definition) is 1. The van der Waals surface area contributed by atoms with Gasteiger partial charge in [-0.05, 0) is 24.3 Å². The molecule has 27 heavy (non-hydrogen) atoms. The first-order valence-corrected chi connectivity index (χ1v) is 8.27. The Kier molecular flexibility index (Phi) is 3.33. The Hall–Kier alpha value is -3.87. The lowest BCUT2D eigenvalue weighted by molar-refractivity contribution is 0.628. The van der Waals surface area contributed by atoms with E-state index >= 15 is 0 Å². The third-order valence-electron chi connectivity index (χ3n) is 4.34. The number of fused-ring (bicyclic) bond motifs is 2. The van der Waals surface area contributed by atoms with Crippen molar-refractivity contribution in [3.05, 3.63) is 83.3 Å². The third kappa shape index (κ3) is 2.56. The van der Waals surface area contributed by atoms with E-state index in [2.05, 4.69) is 19.9 Å². The molecule has 0 fully saturated rings. The van der Waals surface area contributed by atoms with Crippen LogP contribution in [0.15, 0.2) is 72.0 Å². The molecular weight excluding hydrogens is 345 g/mol. The Labute approximate surface area is 152 Å². The van der Waals surface area contributed by atoms with Gasteiger partial charge in [0.05, 0.1) is 11.4 Å². The highest BCUT2D eigenvalue weighted by atomic mass is 19.1. The Morgan fingerprint density at radius 3 is 2.78 bits per heavy atom. The van der Waals surface area contributed by atoms with Crippen LogP contribution in [0.1, 0.15) is 0 Å². The van der Waals surface area contributed by atoms with Crippen molar-refractivity contribution in [1.29, 1.82) is 0 Å². The van der Waals surface area contributed by atoms with Gasteiger partial charge in [-0.1, -0.05) is 12.1 Å². The molecule has 5 rings (SSSR count). The molecule has 0 radical (unpaired) electrons. The van der Waals surface area contributed by atoms with Gasteiger partial charge in [-0.3, -0.25) is 4.79 Å². The largest absolute Gasteiger partial charge is 0.345 e. The van der Waals surface area contributed by atoms with E-state index in [0.29, 0.717) is 22.6 Å². The first-order valence-electron chi connectivity index (χ1n) is 8.27. The summed E-state index contributed by atoms with van der Waals surface area (Å²) in [4.78, 5) is 28.6. The molecule has 0 bridgehead atoms. The second-order valence-corrected chi connectivity index (χ2v) is 6.08. The van der Waals surface area contributed by atoms with Gasteiger partial charge in [0.2, 0.25) is 5.43 Å². The first kappa shape index (κ1) is 15.4. The average molecular weight is 357 g/mol. The topological polar surface area (TPSA) is 75.9 Å². The first-order chi connectivity index (χ1) is 13.2. The van der Waals surface area contributed by atoms with Crippen molar-refractivity contribution in [2.75, 3.05) is 0 Å². The van der Waals surface area contributed by atoms with Gasteiger partial charge in [0, 0.05) is 42.0 Å². The predicted octanol–water partition coefficient (Wildman–Crippen LogP) is 3.44. The van der Waals surface area contributed by atoms with Gasteiger partial charge in [-0.15, -0.1) is 0 Å². The summed E-state index contributed by atoms with van der Waals surface area (Å²) in [7, 11) is 0. The van der Waals surface area contributed by atoms with E-state index in [1.165, 1.54) is 24.4 Å². The molecule has 0 aliphatic heterocycles. The Morgan fingerprint density at radius 2 is 1.89 bits per heavy atom. The summed E-state index contributed by atoms with van der Waals surface area (Å²) in [5, 5.41) is 0. The molecular formula is C20H12FN5O. The summed E-state index contributed by atoms with van der Waals surface area (Å²) in [6, 6.07) is 11.3. The monoisotopic (exact) mass is 357 g/mol. The molecule has 0 amide bonds. The molecule has 0 atom stereocenters. The molecule has 0 unspecified atom stereocenters. The molecule has 1 N–H and O–H groups in total. The van der Waals surface area contributed by atoms with E-state index in [-0.39, 0.29) is 16.8 Å². The lowest BCUT2D eigenvalue weighted by Gasteiger charge is -2.10. The summed E-state index contributed by atoms with van der Waals surface area (Å²) < 4.78 is 15.7. The number of rotatable bonds is 2. The van der Waals surface area contributed by atoms with Crippen molar-refractivity contribution >= 4 is 16.8 Å². The Morgan fingerprint density at radius 1 is 1.00 bits per heavy atom. The fourth-order valence-electron chi connectivity index (χ4n) is 3.08. The minimum atomic E-state index is -0.369. The Balaban J connectivity index is 1.86. The van der Waals surface area contributed by atoms with E-state index < -0.39 is 0 Å². The molecule has 0 saturated heterocycles. The quantitative estimate of drug-likeness (QED) is 0.525. The van der Waals surface area contributed by atoms with Crippen LogP contribution in [-0.2, 0) is 0 Å². The van der Waals surface area contributed by atoms with Crippen LogP contribution in [0.25, 0.3) is 39.3 Å². The smallest absolute Gasteiger partial charge is 0.209 e. The molecule has 0 aliphatic rings. The lowest BCUT2D eigenvalue weighted by atomic mass is 10.0. The van der Waals surface area contributed by atoms with Crippen molar-refractivity contribution in [3.8, 4) is 22.5 Å². The van der Waals surface area contributed by atoms with Gasteiger partial charge in [0.1, 0.15) is 11.5 Å². The zero-order valence-electron chi connectivity index (χ0n) is 13.9. The molecule has 4 heterocycles. The molecule has 7 heteroatoms. The van der Waals surface area contributed by atoms with Crippen molar-refractivity contribution < 1.29 is 4.39 Å². The third-order valence-corrected chi connectivity index (χ3v) is 4.34. The van der Waals surface area contributed by atoms with Crippen LogP contribution in [0.4, 0.5) is 4.39 Å². The number of halogens is 1. The second kappa shape index (κ2) is 5.84. The Bertz CT molecular complexity index is 1370. The fourth-order valence-corrected chi connectivity index (χ4v) is 3.08. The molecule has 5 aromatic rings. The highest BCUT2D eigenvalue weighted by molar-refractivity contribution is 5.84. The molecule has 130 valence electrons. The van der Waals surface area contributed by atoms with Crippen LogP contribution in [0.3, 0.4) is 0 Å². The van der Waals surface area contributed by atoms with Gasteiger partial charge in [0.25, 0.3) is 0 Å². The molecule has 4 aromatic heterocycles. The number of imidazole rings is 1. The van der Waals surface area contributed by atoms with Crippen LogP contribution in [0.5, 0.6) is 0 Å². The number of aromatic amines is 1. The van der Waals surface area contributed by atoms with Gasteiger partial charge in [-0.25, -0.2) is 19.3 Å². The maximum absolute atomic E-state index is 13.8. The van der Waals surface area contributed by atoms with Gasteiger partial charge in [0.15, 0.2) is 11.2 Å². The van der Waals surface area contributed by atoms with E-state index in [1.54, 1.807) is 18.3 Å². The standard InChI is InChI=1S/C20H12FN5O/c21-14-3-1-2-12(10-14)17-18(13-4-5-16-22-8-9-26(16)11-13)24-19-15(27)6-7-23-20(19)25-17/h1-11H,(H,23,25,27). The van der Waals surface area contributed by atoms with Crippen LogP contribution >= 0.6 is 0 Å². The number of nitrogens with one attached hydrogen (secondary N) is 1. The SMILES string of the molecule is O=c1cc[nH]c2nc(-c3cccc(F)c3)c(-c3ccc4nccn4c3)nc12. The van der Waals surface area contributed by atoms with Crippen LogP contribution in [-0.4, -0.2) is 24.3 Å². The van der Waals surface area contributed by atoms with Crippen molar-refractivity contribution in [2.24, 2.45) is 0 Å². The number of nitrogens with zero attached hydrogens (tertiary/aromatic N) is 4. The minimum absolute atomic E-state index is 0.230. The van der Waals surface area contributed by atoms with Crippen LogP contribution < -0.4 is 5.43 Å². The van der Waals surface area contributed by atoms with Gasteiger partial charge >= 0.3 is 0 Å². The second-order valence-electron chi connectivity index (χ2n) is 6.08. The summed E-state index contributed by atoms with van der Waals surface area (Å²) >= 11 is 0. The van der Waals surface area contributed by atoms with E-state index in [4.69, 9.17) is 0 Å². The molecule has 0 spiro atoms. The molecule has 6 nitrogen and oxygen atoms in total. The average Bonchev–Trinajstić information content (AvgIpc) is 3.15. The summed E-state index contributed by atoms with van der Waals surface area (Å²) in [5.41, 5.74) is 3.47. The zero-order valence-corrected chi connectivity index (χ0v) is 13.9. The predicted molar refractivity (Wildman–Crippen MR) is 99.7 cm³/mol. The summed E-state index contributed by atoms with van der Waals surface area (Å²) in [6.45, 7) is 0. The van der Waals surface area contributed by atoms with Crippen molar-refractivity contribution in [2.45, 2.75) is 0 Å². The van der Waals surface area contributed by atoms with Gasteiger partial charge in [-0.2, -0.15) is 0 Å². The number of aromatic nitrogens is 5. The molecule has 0 saturated carbocycles. The van der Waals surface area contributed by atoms with Gasteiger partial charge < -0.3 is 9.38 Å². The highest BCUT2D eigenvalue weighted by Gasteiger charge is 2.16. The summed E-state index contributed by atoms with van der Waals surface area (Å²) in [6.07, 6.45) is 6.90. The summed E-state index contributed by atoms with van der Waals surface area (Å²) in [5.74, 6) is -0.369. The van der Waals surface area contributed by atoms with Crippen LogP contribution in [0, 0.1) is 5.82 Å². The fraction of sp³-hybridized carbons (Fsp3) is 0. The van der Waals surface area contributed by atoms with E-state index in [0.717, 1.165) is 11.2 Å². The normalized spacial score (nSPS) is 11.3. The lowest BCUT2D eigenvalue weighted by Crippen LogP contribution is -2.07. The number of hydrogen-bond acceptors (Lipinski definition) is 4. The maximum Gasteiger partial charge on any atom is 0.209 e. The van der Waals surface area contributed by atoms with Crippen LogP contribution in [0.2, 0.25) is 0 Å². The van der Waals surface area contributed by atoms with Crippen molar-refractivity contribution in [3.63, 3.8) is 0 Å². The van der Waals surface area contributed by atoms with Crippen molar-refractivity contribution in [1.82, 2.24) is 24.3 Å². The zero-order chi connectivity index (χ0) is 18.4. The number of pyridine rings is 2. The maximum atomic E-state index is 13.8. The molecule has 1 aromatic carbocycles. The number of benzene rings is 1. The minimum Gasteiger partial charge on any atom is -0.345 e. The van der Waals surface area contributed by atoms with E-state index in [1.807, 2.05) is 28.9 Å².